The summed E-state index contributed by atoms with van der Waals surface area (Å²) in [6, 6.07) is 8.06. The first-order valence-corrected chi connectivity index (χ1v) is 8.14. The molecule has 1 aliphatic rings. The Hall–Kier alpha value is -2.30. The fourth-order valence-electron chi connectivity index (χ4n) is 2.26. The second kappa shape index (κ2) is 6.44. The molecule has 1 aliphatic heterocycles. The highest BCUT2D eigenvalue weighted by atomic mass is 35.5. The number of nitriles is 1. The first-order chi connectivity index (χ1) is 11.1. The number of fused-ring (bicyclic) bond motifs is 1. The van der Waals surface area contributed by atoms with Crippen LogP contribution < -0.4 is 10.9 Å². The average molecular weight is 347 g/mol. The predicted molar refractivity (Wildman–Crippen MR) is 87.5 cm³/mol. The third-order valence-corrected chi connectivity index (χ3v) is 4.83. The number of halogens is 1. The van der Waals surface area contributed by atoms with E-state index < -0.39 is 0 Å². The van der Waals surface area contributed by atoms with Gasteiger partial charge in [0, 0.05) is 29.6 Å². The zero-order chi connectivity index (χ0) is 16.4. The summed E-state index contributed by atoms with van der Waals surface area (Å²) in [6.07, 6.45) is 1.47. The zero-order valence-electron chi connectivity index (χ0n) is 11.8. The minimum atomic E-state index is -0.389. The fourth-order valence-corrected chi connectivity index (χ4v) is 3.50. The fraction of sp³-hybridized carbons (Fsp3) is 0.200. The van der Waals surface area contributed by atoms with Crippen LogP contribution in [0.25, 0.3) is 0 Å². The van der Waals surface area contributed by atoms with Crippen LogP contribution in [0.5, 0.6) is 0 Å². The van der Waals surface area contributed by atoms with E-state index in [1.54, 1.807) is 12.1 Å². The molecular weight excluding hydrogens is 336 g/mol. The van der Waals surface area contributed by atoms with Gasteiger partial charge in [0.25, 0.3) is 5.56 Å². The van der Waals surface area contributed by atoms with Gasteiger partial charge in [0.05, 0.1) is 17.2 Å². The Labute approximate surface area is 141 Å². The molecule has 3 rings (SSSR count). The van der Waals surface area contributed by atoms with E-state index in [-0.39, 0.29) is 23.9 Å². The maximum absolute atomic E-state index is 12.5. The van der Waals surface area contributed by atoms with Crippen molar-refractivity contribution in [1.82, 2.24) is 9.55 Å². The predicted octanol–water partition coefficient (Wildman–Crippen LogP) is 2.13. The summed E-state index contributed by atoms with van der Waals surface area (Å²) in [6.45, 7) is 0.267. The number of nitrogens with zero attached hydrogens (tertiary/aromatic N) is 3. The van der Waals surface area contributed by atoms with Crippen LogP contribution in [-0.2, 0) is 11.3 Å². The zero-order valence-corrected chi connectivity index (χ0v) is 13.4. The summed E-state index contributed by atoms with van der Waals surface area (Å²) < 4.78 is 1.49. The van der Waals surface area contributed by atoms with Gasteiger partial charge in [-0.1, -0.05) is 23.4 Å². The van der Waals surface area contributed by atoms with Crippen molar-refractivity contribution < 1.29 is 4.79 Å². The number of anilines is 1. The van der Waals surface area contributed by atoms with Crippen molar-refractivity contribution in [2.24, 2.45) is 5.92 Å². The van der Waals surface area contributed by atoms with Crippen molar-refractivity contribution in [3.8, 4) is 6.07 Å². The van der Waals surface area contributed by atoms with Crippen molar-refractivity contribution in [3.63, 3.8) is 0 Å². The van der Waals surface area contributed by atoms with Gasteiger partial charge in [-0.25, -0.2) is 4.98 Å². The number of nitrogens with one attached hydrogen (secondary N) is 1. The molecule has 0 fully saturated rings. The molecule has 0 aliphatic carbocycles. The summed E-state index contributed by atoms with van der Waals surface area (Å²) in [5.74, 6) is -0.123. The van der Waals surface area contributed by atoms with E-state index in [2.05, 4.69) is 10.3 Å². The van der Waals surface area contributed by atoms with E-state index in [4.69, 9.17) is 16.9 Å². The maximum Gasteiger partial charge on any atom is 0.254 e. The van der Waals surface area contributed by atoms with Crippen LogP contribution in [-0.4, -0.2) is 21.2 Å². The number of carbonyl (C=O) groups is 1. The lowest BCUT2D eigenvalue weighted by Gasteiger charge is -2.24. The summed E-state index contributed by atoms with van der Waals surface area (Å²) in [5.41, 5.74) is 0.533. The van der Waals surface area contributed by atoms with E-state index in [0.717, 1.165) is 0 Å². The van der Waals surface area contributed by atoms with Crippen molar-refractivity contribution in [1.29, 1.82) is 5.26 Å². The Morgan fingerprint density at radius 3 is 3.09 bits per heavy atom. The Kier molecular flexibility index (Phi) is 4.37. The van der Waals surface area contributed by atoms with Crippen LogP contribution in [0.15, 0.2) is 40.4 Å². The molecule has 1 N–H and O–H groups in total. The second-order valence-electron chi connectivity index (χ2n) is 4.98. The van der Waals surface area contributed by atoms with Crippen molar-refractivity contribution >= 4 is 35.0 Å². The van der Waals surface area contributed by atoms with E-state index in [0.29, 0.717) is 27.2 Å². The highest BCUT2D eigenvalue weighted by Gasteiger charge is 2.27. The van der Waals surface area contributed by atoms with E-state index in [1.165, 1.54) is 34.7 Å². The molecule has 23 heavy (non-hydrogen) atoms. The van der Waals surface area contributed by atoms with Gasteiger partial charge < -0.3 is 5.32 Å². The van der Waals surface area contributed by atoms with Gasteiger partial charge in [-0.05, 0) is 18.2 Å². The standard InChI is InChI=1S/C15H11ClN4O2S/c16-11-2-1-9(6-17)12(5-11)19-14(22)10-7-20-13(21)3-4-18-15(20)23-8-10/h1-5,10H,7-8H2,(H,19,22). The smallest absolute Gasteiger partial charge is 0.254 e. The molecule has 1 aromatic heterocycles. The molecule has 2 heterocycles. The minimum absolute atomic E-state index is 0.180. The van der Waals surface area contributed by atoms with Crippen LogP contribution in [0.4, 0.5) is 5.69 Å². The first kappa shape index (κ1) is 15.6. The molecule has 1 atom stereocenters. The number of amides is 1. The van der Waals surface area contributed by atoms with Crippen LogP contribution >= 0.6 is 23.4 Å². The molecule has 0 spiro atoms. The quantitative estimate of drug-likeness (QED) is 0.841. The van der Waals surface area contributed by atoms with Gasteiger partial charge in [0.2, 0.25) is 5.91 Å². The van der Waals surface area contributed by atoms with Crippen LogP contribution in [0, 0.1) is 17.2 Å². The number of hydrogen-bond donors (Lipinski definition) is 1. The number of thioether (sulfide) groups is 1. The number of aromatic nitrogens is 2. The summed E-state index contributed by atoms with van der Waals surface area (Å²) in [5, 5.41) is 12.9. The number of carbonyl (C=O) groups excluding carboxylic acids is 1. The monoisotopic (exact) mass is 346 g/mol. The third kappa shape index (κ3) is 3.23. The second-order valence-corrected chi connectivity index (χ2v) is 6.40. The molecule has 0 bridgehead atoms. The molecule has 1 unspecified atom stereocenters. The molecule has 2 aromatic rings. The highest BCUT2D eigenvalue weighted by molar-refractivity contribution is 7.99. The Morgan fingerprint density at radius 1 is 1.48 bits per heavy atom. The van der Waals surface area contributed by atoms with Gasteiger partial charge in [0.1, 0.15) is 6.07 Å². The molecule has 116 valence electrons. The summed E-state index contributed by atoms with van der Waals surface area (Å²) >= 11 is 7.28. The summed E-state index contributed by atoms with van der Waals surface area (Å²) in [7, 11) is 0. The largest absolute Gasteiger partial charge is 0.325 e. The molecule has 1 amide bonds. The van der Waals surface area contributed by atoms with Gasteiger partial charge in [0.15, 0.2) is 5.16 Å². The van der Waals surface area contributed by atoms with E-state index in [1.807, 2.05) is 6.07 Å². The topological polar surface area (TPSA) is 87.8 Å². The van der Waals surface area contributed by atoms with Gasteiger partial charge in [-0.2, -0.15) is 5.26 Å². The number of rotatable bonds is 2. The normalized spacial score (nSPS) is 16.3. The Bertz CT molecular complexity index is 875. The first-order valence-electron chi connectivity index (χ1n) is 6.77. The van der Waals surface area contributed by atoms with Gasteiger partial charge in [-0.15, -0.1) is 0 Å². The molecule has 0 saturated carbocycles. The number of benzene rings is 1. The van der Waals surface area contributed by atoms with Crippen LogP contribution in [0.3, 0.4) is 0 Å². The van der Waals surface area contributed by atoms with Crippen molar-refractivity contribution in [2.45, 2.75) is 11.7 Å². The Morgan fingerprint density at radius 2 is 2.30 bits per heavy atom. The molecule has 8 heteroatoms. The molecule has 6 nitrogen and oxygen atoms in total. The lowest BCUT2D eigenvalue weighted by Crippen LogP contribution is -2.36. The van der Waals surface area contributed by atoms with E-state index >= 15 is 0 Å². The molecule has 0 saturated heterocycles. The van der Waals surface area contributed by atoms with Gasteiger partial charge in [-0.3, -0.25) is 14.2 Å². The highest BCUT2D eigenvalue weighted by Crippen LogP contribution is 2.26. The van der Waals surface area contributed by atoms with E-state index in [9.17, 15) is 9.59 Å². The molecule has 0 radical (unpaired) electrons. The molecular formula is C15H11ClN4O2S. The number of hydrogen-bond acceptors (Lipinski definition) is 5. The van der Waals surface area contributed by atoms with Gasteiger partial charge >= 0.3 is 0 Å². The van der Waals surface area contributed by atoms with Crippen LogP contribution in [0.2, 0.25) is 5.02 Å². The maximum atomic E-state index is 12.5. The molecule has 1 aromatic carbocycles. The lowest BCUT2D eigenvalue weighted by molar-refractivity contribution is -0.119. The average Bonchev–Trinajstić information content (AvgIpc) is 2.55. The Balaban J connectivity index is 1.81. The SMILES string of the molecule is N#Cc1ccc(Cl)cc1NC(=O)C1CSc2nccc(=O)n2C1. The van der Waals surface area contributed by atoms with Crippen molar-refractivity contribution in [3.05, 3.63) is 51.4 Å². The third-order valence-electron chi connectivity index (χ3n) is 3.45. The summed E-state index contributed by atoms with van der Waals surface area (Å²) in [4.78, 5) is 28.4. The minimum Gasteiger partial charge on any atom is -0.325 e. The van der Waals surface area contributed by atoms with Crippen molar-refractivity contribution in [2.75, 3.05) is 11.1 Å². The lowest BCUT2D eigenvalue weighted by atomic mass is 10.1. The van der Waals surface area contributed by atoms with Crippen LogP contribution in [0.1, 0.15) is 5.56 Å².